The van der Waals surface area contributed by atoms with E-state index >= 15 is 0 Å². The molecular formula is C15H29NO2. The highest BCUT2D eigenvalue weighted by atomic mass is 16.4. The Bertz CT molecular complexity index is 262. The van der Waals surface area contributed by atoms with Gasteiger partial charge in [0.2, 0.25) is 0 Å². The van der Waals surface area contributed by atoms with Gasteiger partial charge < -0.3 is 10.0 Å². The molecule has 1 N–H and O–H groups in total. The van der Waals surface area contributed by atoms with Gasteiger partial charge in [0.1, 0.15) is 0 Å². The van der Waals surface area contributed by atoms with Crippen LogP contribution in [0.5, 0.6) is 0 Å². The van der Waals surface area contributed by atoms with Crippen molar-refractivity contribution in [1.29, 1.82) is 0 Å². The molecule has 3 heteroatoms. The highest BCUT2D eigenvalue weighted by molar-refractivity contribution is 5.66. The summed E-state index contributed by atoms with van der Waals surface area (Å²) in [5, 5.41) is 8.64. The van der Waals surface area contributed by atoms with Gasteiger partial charge in [-0.1, -0.05) is 20.8 Å². The topological polar surface area (TPSA) is 40.5 Å². The molecule has 1 rings (SSSR count). The Hall–Kier alpha value is -0.570. The zero-order chi connectivity index (χ0) is 13.8. The first-order valence-electron chi connectivity index (χ1n) is 7.22. The molecule has 0 bridgehead atoms. The molecule has 0 aliphatic heterocycles. The number of nitrogens with zero attached hydrogens (tertiary/aromatic N) is 1. The van der Waals surface area contributed by atoms with Gasteiger partial charge in [-0.2, -0.15) is 0 Å². The third-order valence-electron chi connectivity index (χ3n) is 4.45. The number of carbonyl (C=O) groups is 1. The summed E-state index contributed by atoms with van der Waals surface area (Å²) in [6, 6.07) is 0.664. The summed E-state index contributed by atoms with van der Waals surface area (Å²) in [7, 11) is 2.14. The predicted molar refractivity (Wildman–Crippen MR) is 74.7 cm³/mol. The van der Waals surface area contributed by atoms with Crippen LogP contribution in [-0.2, 0) is 4.79 Å². The molecule has 3 nitrogen and oxygen atoms in total. The first-order valence-corrected chi connectivity index (χ1v) is 7.22. The van der Waals surface area contributed by atoms with Gasteiger partial charge >= 0.3 is 5.97 Å². The molecule has 1 aliphatic carbocycles. The molecule has 0 atom stereocenters. The average molecular weight is 255 g/mol. The van der Waals surface area contributed by atoms with E-state index in [1.165, 1.54) is 25.7 Å². The molecule has 1 aliphatic rings. The van der Waals surface area contributed by atoms with Crippen molar-refractivity contribution < 1.29 is 9.90 Å². The van der Waals surface area contributed by atoms with Crippen molar-refractivity contribution in [2.24, 2.45) is 11.3 Å². The van der Waals surface area contributed by atoms with Crippen molar-refractivity contribution in [1.82, 2.24) is 4.90 Å². The summed E-state index contributed by atoms with van der Waals surface area (Å²) in [4.78, 5) is 12.9. The smallest absolute Gasteiger partial charge is 0.303 e. The van der Waals surface area contributed by atoms with Crippen molar-refractivity contribution in [3.63, 3.8) is 0 Å². The van der Waals surface area contributed by atoms with Crippen LogP contribution in [0.2, 0.25) is 0 Å². The van der Waals surface area contributed by atoms with Crippen molar-refractivity contribution in [3.8, 4) is 0 Å². The first-order chi connectivity index (χ1) is 8.30. The quantitative estimate of drug-likeness (QED) is 0.818. The summed E-state index contributed by atoms with van der Waals surface area (Å²) in [6.07, 6.45) is 6.23. The number of hydrogen-bond acceptors (Lipinski definition) is 2. The van der Waals surface area contributed by atoms with Crippen LogP contribution in [0.15, 0.2) is 0 Å². The second kappa shape index (κ2) is 6.55. The number of aliphatic carboxylic acids is 1. The van der Waals surface area contributed by atoms with Crippen molar-refractivity contribution >= 4 is 5.97 Å². The number of rotatable bonds is 5. The molecule has 18 heavy (non-hydrogen) atoms. The van der Waals surface area contributed by atoms with Gasteiger partial charge in [-0.15, -0.1) is 0 Å². The van der Waals surface area contributed by atoms with E-state index in [0.29, 0.717) is 17.9 Å². The van der Waals surface area contributed by atoms with Gasteiger partial charge in [0.05, 0.1) is 0 Å². The van der Waals surface area contributed by atoms with Gasteiger partial charge in [0.25, 0.3) is 0 Å². The maximum atomic E-state index is 10.5. The Morgan fingerprint density at radius 2 is 1.78 bits per heavy atom. The van der Waals surface area contributed by atoms with Gasteiger partial charge in [-0.05, 0) is 57.0 Å². The van der Waals surface area contributed by atoms with Gasteiger partial charge in [-0.25, -0.2) is 0 Å². The van der Waals surface area contributed by atoms with E-state index in [9.17, 15) is 4.79 Å². The zero-order valence-corrected chi connectivity index (χ0v) is 12.4. The second-order valence-corrected chi connectivity index (χ2v) is 6.85. The predicted octanol–water partition coefficient (Wildman–Crippen LogP) is 3.39. The van der Waals surface area contributed by atoms with Crippen molar-refractivity contribution in [3.05, 3.63) is 0 Å². The van der Waals surface area contributed by atoms with E-state index in [-0.39, 0.29) is 0 Å². The molecular weight excluding hydrogens is 226 g/mol. The Balaban J connectivity index is 2.27. The molecule has 0 aromatic rings. The number of carboxylic acid groups (broad SMARTS) is 1. The first kappa shape index (κ1) is 15.5. The lowest BCUT2D eigenvalue weighted by atomic mass is 9.71. The summed E-state index contributed by atoms with van der Waals surface area (Å²) >= 11 is 0. The maximum Gasteiger partial charge on any atom is 0.303 e. The van der Waals surface area contributed by atoms with Crippen LogP contribution in [0.1, 0.15) is 59.3 Å². The van der Waals surface area contributed by atoms with Gasteiger partial charge in [-0.3, -0.25) is 4.79 Å². The molecule has 0 aromatic heterocycles. The summed E-state index contributed by atoms with van der Waals surface area (Å²) < 4.78 is 0. The fourth-order valence-corrected chi connectivity index (χ4v) is 3.04. The minimum atomic E-state index is -0.681. The molecule has 1 saturated carbocycles. The zero-order valence-electron chi connectivity index (χ0n) is 12.4. The van der Waals surface area contributed by atoms with E-state index in [1.807, 2.05) is 0 Å². The Morgan fingerprint density at radius 1 is 1.22 bits per heavy atom. The summed E-state index contributed by atoms with van der Waals surface area (Å²) in [5.41, 5.74) is 0.437. The molecule has 0 heterocycles. The molecule has 0 spiro atoms. The third kappa shape index (κ3) is 4.97. The van der Waals surface area contributed by atoms with Crippen LogP contribution < -0.4 is 0 Å². The lowest BCUT2D eigenvalue weighted by Gasteiger charge is -2.40. The van der Waals surface area contributed by atoms with Crippen LogP contribution in [0.25, 0.3) is 0 Å². The van der Waals surface area contributed by atoms with Gasteiger partial charge in [0.15, 0.2) is 0 Å². The van der Waals surface area contributed by atoms with Crippen LogP contribution in [0.3, 0.4) is 0 Å². The van der Waals surface area contributed by atoms with Crippen LogP contribution in [0, 0.1) is 11.3 Å². The lowest BCUT2D eigenvalue weighted by molar-refractivity contribution is -0.137. The molecule has 1 fully saturated rings. The molecule has 0 unspecified atom stereocenters. The Kier molecular flexibility index (Phi) is 5.64. The van der Waals surface area contributed by atoms with Crippen molar-refractivity contribution in [2.45, 2.75) is 65.3 Å². The van der Waals surface area contributed by atoms with Crippen LogP contribution in [0.4, 0.5) is 0 Å². The Labute approximate surface area is 112 Å². The largest absolute Gasteiger partial charge is 0.481 e. The fourth-order valence-electron chi connectivity index (χ4n) is 3.04. The fraction of sp³-hybridized carbons (Fsp3) is 0.933. The van der Waals surface area contributed by atoms with Crippen LogP contribution >= 0.6 is 0 Å². The molecule has 0 amide bonds. The molecule has 0 aromatic carbocycles. The highest BCUT2D eigenvalue weighted by Crippen LogP contribution is 2.38. The molecule has 106 valence electrons. The van der Waals surface area contributed by atoms with E-state index < -0.39 is 5.97 Å². The Morgan fingerprint density at radius 3 is 2.22 bits per heavy atom. The summed E-state index contributed by atoms with van der Waals surface area (Å²) in [5.74, 6) is 0.168. The highest BCUT2D eigenvalue weighted by Gasteiger charge is 2.30. The second-order valence-electron chi connectivity index (χ2n) is 6.85. The minimum absolute atomic E-state index is 0.293. The van der Waals surface area contributed by atoms with E-state index in [4.69, 9.17) is 5.11 Å². The lowest BCUT2D eigenvalue weighted by Crippen LogP contribution is -2.38. The van der Waals surface area contributed by atoms with Crippen molar-refractivity contribution in [2.75, 3.05) is 13.6 Å². The minimum Gasteiger partial charge on any atom is -0.481 e. The molecule has 0 radical (unpaired) electrons. The summed E-state index contributed by atoms with van der Waals surface area (Å²) in [6.45, 7) is 7.94. The van der Waals surface area contributed by atoms with Gasteiger partial charge in [0, 0.05) is 12.5 Å². The normalized spacial score (nSPS) is 25.4. The van der Waals surface area contributed by atoms with E-state index in [0.717, 1.165) is 18.9 Å². The van der Waals surface area contributed by atoms with Crippen LogP contribution in [-0.4, -0.2) is 35.6 Å². The molecule has 0 saturated heterocycles. The van der Waals surface area contributed by atoms with E-state index in [2.05, 4.69) is 32.7 Å². The standard InChI is InChI=1S/C15H29NO2/c1-15(2,3)12-7-9-13(10-8-12)16(4)11-5-6-14(17)18/h12-13H,5-11H2,1-4H3,(H,17,18). The number of hydrogen-bond donors (Lipinski definition) is 1. The SMILES string of the molecule is CN(CCCC(=O)O)C1CCC(C(C)(C)C)CC1. The maximum absolute atomic E-state index is 10.5. The average Bonchev–Trinajstić information content (AvgIpc) is 2.27. The third-order valence-corrected chi connectivity index (χ3v) is 4.45. The number of carboxylic acids is 1. The van der Waals surface area contributed by atoms with E-state index in [1.54, 1.807) is 0 Å². The monoisotopic (exact) mass is 255 g/mol.